The summed E-state index contributed by atoms with van der Waals surface area (Å²) in [6.45, 7) is 3.29. The number of anilines is 1. The Kier molecular flexibility index (Phi) is 15.2. The third kappa shape index (κ3) is 9.83. The van der Waals surface area contributed by atoms with Crippen LogP contribution in [0.25, 0.3) is 0 Å². The lowest BCUT2D eigenvalue weighted by atomic mass is 9.80. The minimum atomic E-state index is -3.75. The minimum Gasteiger partial charge on any atom is -0.379 e. The maximum atomic E-state index is 15.0. The van der Waals surface area contributed by atoms with Crippen LogP contribution in [-0.4, -0.2) is 161 Å². The van der Waals surface area contributed by atoms with Gasteiger partial charge >= 0.3 is 6.03 Å². The lowest BCUT2D eigenvalue weighted by molar-refractivity contribution is -0.383. The molecular formula is C45H60Cl2F2N8O9S. The van der Waals surface area contributed by atoms with Gasteiger partial charge < -0.3 is 43.5 Å². The first kappa shape index (κ1) is 49.9. The number of carbonyl (C=O) groups is 1. The van der Waals surface area contributed by atoms with E-state index in [1.807, 2.05) is 11.9 Å². The number of methoxy groups -OCH3 is 2. The molecule has 0 spiro atoms. The number of fused-ring (bicyclic) bond motifs is 1. The highest BCUT2D eigenvalue weighted by Gasteiger charge is 2.61. The number of urea groups is 1. The summed E-state index contributed by atoms with van der Waals surface area (Å²) >= 11 is 12.8. The van der Waals surface area contributed by atoms with Crippen molar-refractivity contribution in [3.8, 4) is 0 Å². The van der Waals surface area contributed by atoms with Crippen molar-refractivity contribution in [3.05, 3.63) is 87.1 Å². The molecule has 0 radical (unpaired) electrons. The van der Waals surface area contributed by atoms with Crippen LogP contribution in [-0.2, 0) is 44.3 Å². The van der Waals surface area contributed by atoms with E-state index >= 15 is 0 Å². The summed E-state index contributed by atoms with van der Waals surface area (Å²) in [6.07, 6.45) is 7.93. The average molecular weight is 998 g/mol. The molecule has 2 aromatic rings. The Morgan fingerprint density at radius 1 is 0.806 bits per heavy atom. The van der Waals surface area contributed by atoms with Gasteiger partial charge in [-0.25, -0.2) is 24.4 Å². The van der Waals surface area contributed by atoms with Gasteiger partial charge in [0.2, 0.25) is 11.6 Å². The Labute approximate surface area is 400 Å². The number of nitrogens with one attached hydrogen (secondary N) is 1. The molecular weight excluding hydrogens is 938 g/mol. The van der Waals surface area contributed by atoms with E-state index in [9.17, 15) is 22.0 Å². The number of ether oxygens (including phenoxy) is 6. The number of benzene rings is 2. The molecule has 3 N–H and O–H groups in total. The predicted molar refractivity (Wildman–Crippen MR) is 247 cm³/mol. The van der Waals surface area contributed by atoms with Gasteiger partial charge in [-0.1, -0.05) is 29.3 Å². The fourth-order valence-electron chi connectivity index (χ4n) is 10.0. The van der Waals surface area contributed by atoms with Crippen molar-refractivity contribution in [3.63, 3.8) is 0 Å². The van der Waals surface area contributed by atoms with Gasteiger partial charge in [0.15, 0.2) is 5.66 Å². The molecule has 368 valence electrons. The zero-order valence-electron chi connectivity index (χ0n) is 38.2. The summed E-state index contributed by atoms with van der Waals surface area (Å²) in [6, 6.07) is 7.89. The first-order valence-electron chi connectivity index (χ1n) is 22.7. The van der Waals surface area contributed by atoms with Gasteiger partial charge in [0.25, 0.3) is 10.2 Å². The van der Waals surface area contributed by atoms with Crippen molar-refractivity contribution in [2.75, 3.05) is 86.2 Å². The number of carbonyl (C=O) groups excluding carboxylic acids is 1. The van der Waals surface area contributed by atoms with Crippen LogP contribution >= 0.6 is 23.2 Å². The van der Waals surface area contributed by atoms with Gasteiger partial charge in [-0.2, -0.15) is 17.0 Å². The Balaban J connectivity index is 1.18. The molecule has 0 bridgehead atoms. The second-order valence-corrected chi connectivity index (χ2v) is 20.5. The monoisotopic (exact) mass is 996 g/mol. The number of nitrogens with zero attached hydrogens (tertiary/aromatic N) is 6. The molecule has 2 aromatic carbocycles. The molecule has 4 fully saturated rings. The summed E-state index contributed by atoms with van der Waals surface area (Å²) in [7, 11) is 2.64. The van der Waals surface area contributed by atoms with E-state index in [0.29, 0.717) is 113 Å². The first-order chi connectivity index (χ1) is 32.0. The molecule has 2 saturated heterocycles. The standard InChI is InChI=1S/C45H60Cl2F2N8O9S/c1-53(42(58)55-17-21-63-22-18-55)32-7-11-34(12-8-32)65-44(66-35-13-9-33(10-14-35)54(2)67(59,60)56-19-23-64-24-20-56)27-36-41(28-43(44,61-3)62-4)57(50)29-51-45(36,30-5-15-39(48)37(46)25-30)52-31-6-16-40(49)38(47)26-31/h5-6,15-16,25-29,32-35,52H,7-14,17-24,50H2,1-4H3/t32-,33-,34+,35+,44?,45?. The molecule has 67 heavy (non-hydrogen) atoms. The molecule has 17 nitrogen and oxygen atoms in total. The molecule has 2 saturated carbocycles. The Hall–Kier alpha value is -3.51. The SMILES string of the molecule is COC1(OC)C=C2C(=CC1(O[C@H]1CC[C@@H](N(C)C(=O)N3CCOCC3)CC1)O[C@H]1CC[C@@H](N(C)S(=O)(=O)N3CCOCC3)CC1)C(Nc1ccc(F)c(Cl)c1)(c1ccc(F)c(Cl)c1)N=CN2N. The fraction of sp³-hybridized carbons (Fsp3) is 0.600. The summed E-state index contributed by atoms with van der Waals surface area (Å²) in [4.78, 5) is 22.1. The second-order valence-electron chi connectivity index (χ2n) is 17.7. The van der Waals surface area contributed by atoms with E-state index in [2.05, 4.69) is 5.32 Å². The maximum absolute atomic E-state index is 15.0. The van der Waals surface area contributed by atoms with Crippen LogP contribution < -0.4 is 11.2 Å². The highest BCUT2D eigenvalue weighted by molar-refractivity contribution is 7.86. The topological polar surface area (TPSA) is 173 Å². The average Bonchev–Trinajstić information content (AvgIpc) is 3.34. The van der Waals surface area contributed by atoms with Crippen molar-refractivity contribution >= 4 is 51.5 Å². The number of hydrogen-bond acceptors (Lipinski definition) is 13. The molecule has 0 aromatic heterocycles. The lowest BCUT2D eigenvalue weighted by Crippen LogP contribution is -2.64. The zero-order valence-corrected chi connectivity index (χ0v) is 40.5. The Bertz CT molecular complexity index is 2320. The van der Waals surface area contributed by atoms with Crippen LogP contribution in [0.5, 0.6) is 0 Å². The van der Waals surface area contributed by atoms with E-state index < -0.39 is 51.3 Å². The summed E-state index contributed by atoms with van der Waals surface area (Å²) in [5, 5.41) is 4.38. The van der Waals surface area contributed by atoms with Crippen molar-refractivity contribution in [2.24, 2.45) is 10.8 Å². The van der Waals surface area contributed by atoms with E-state index in [1.54, 1.807) is 24.1 Å². The van der Waals surface area contributed by atoms with Crippen LogP contribution in [0.1, 0.15) is 56.9 Å². The smallest absolute Gasteiger partial charge is 0.320 e. The minimum absolute atomic E-state index is 0.0460. The zero-order chi connectivity index (χ0) is 47.7. The van der Waals surface area contributed by atoms with Crippen molar-refractivity contribution in [1.29, 1.82) is 0 Å². The van der Waals surface area contributed by atoms with Crippen LogP contribution in [0.2, 0.25) is 10.0 Å². The maximum Gasteiger partial charge on any atom is 0.320 e. The van der Waals surface area contributed by atoms with Gasteiger partial charge in [0.05, 0.1) is 54.4 Å². The molecule has 2 unspecified atom stereocenters. The van der Waals surface area contributed by atoms with Gasteiger partial charge in [0.1, 0.15) is 18.0 Å². The van der Waals surface area contributed by atoms with Crippen molar-refractivity contribution in [2.45, 2.75) is 92.9 Å². The second kappa shape index (κ2) is 20.4. The Morgan fingerprint density at radius 3 is 1.93 bits per heavy atom. The predicted octanol–water partition coefficient (Wildman–Crippen LogP) is 5.81. The fourth-order valence-corrected chi connectivity index (χ4v) is 11.9. The summed E-state index contributed by atoms with van der Waals surface area (Å²) in [5.41, 5.74) is -0.245. The largest absolute Gasteiger partial charge is 0.379 e. The van der Waals surface area contributed by atoms with Crippen molar-refractivity contribution < 1.29 is 50.4 Å². The molecule has 3 aliphatic carbocycles. The van der Waals surface area contributed by atoms with E-state index in [-0.39, 0.29) is 41.2 Å². The van der Waals surface area contributed by atoms with Crippen LogP contribution in [0.15, 0.2) is 64.8 Å². The highest BCUT2D eigenvalue weighted by Crippen LogP contribution is 2.52. The third-order valence-electron chi connectivity index (χ3n) is 13.9. The Morgan fingerprint density at radius 2 is 1.36 bits per heavy atom. The van der Waals surface area contributed by atoms with Crippen LogP contribution in [0.4, 0.5) is 19.3 Å². The normalized spacial score (nSPS) is 29.3. The number of aliphatic imine (C=N–C) groups is 1. The molecule has 3 heterocycles. The number of halogens is 4. The molecule has 22 heteroatoms. The van der Waals surface area contributed by atoms with Crippen molar-refractivity contribution in [1.82, 2.24) is 23.4 Å². The van der Waals surface area contributed by atoms with Crippen LogP contribution in [0, 0.1) is 11.6 Å². The number of hydrazine groups is 1. The van der Waals surface area contributed by atoms with Gasteiger partial charge in [-0.15, -0.1) is 0 Å². The molecule has 6 aliphatic rings. The highest BCUT2D eigenvalue weighted by atomic mass is 35.5. The van der Waals surface area contributed by atoms with Crippen LogP contribution in [0.3, 0.4) is 0 Å². The molecule has 8 rings (SSSR count). The third-order valence-corrected chi connectivity index (χ3v) is 16.6. The lowest BCUT2D eigenvalue weighted by Gasteiger charge is -2.53. The van der Waals surface area contributed by atoms with Gasteiger partial charge in [-0.3, -0.25) is 5.01 Å². The van der Waals surface area contributed by atoms with E-state index in [4.69, 9.17) is 62.5 Å². The number of amides is 2. The number of rotatable bonds is 13. The van der Waals surface area contributed by atoms with E-state index in [1.165, 1.54) is 70.6 Å². The summed E-state index contributed by atoms with van der Waals surface area (Å²) < 4.78 is 98.2. The quantitative estimate of drug-likeness (QED) is 0.183. The number of nitrogens with two attached hydrogens (primary N) is 1. The number of hydrogen-bond donors (Lipinski definition) is 2. The first-order valence-corrected chi connectivity index (χ1v) is 24.8. The number of morpholine rings is 2. The van der Waals surface area contributed by atoms with Gasteiger partial charge in [0, 0.05) is 89.5 Å². The van der Waals surface area contributed by atoms with Gasteiger partial charge in [-0.05, 0) is 87.8 Å². The molecule has 3 aliphatic heterocycles. The summed E-state index contributed by atoms with van der Waals surface area (Å²) in [5.74, 6) is 1.69. The van der Waals surface area contributed by atoms with E-state index in [0.717, 1.165) is 0 Å². The molecule has 2 atom stereocenters. The molecule has 2 amide bonds.